The summed E-state index contributed by atoms with van der Waals surface area (Å²) in [4.78, 5) is 33.5. The molecular weight excluding hydrogens is 480 g/mol. The molecule has 2 aromatic carbocycles. The van der Waals surface area contributed by atoms with Crippen molar-refractivity contribution in [1.29, 1.82) is 0 Å². The number of nitrogens with zero attached hydrogens (tertiary/aromatic N) is 6. The van der Waals surface area contributed by atoms with E-state index in [2.05, 4.69) is 4.98 Å². The second-order valence-electron chi connectivity index (χ2n) is 9.67. The van der Waals surface area contributed by atoms with Crippen LogP contribution in [0.15, 0.2) is 76.8 Å². The van der Waals surface area contributed by atoms with Crippen LogP contribution < -0.4 is 5.56 Å². The van der Waals surface area contributed by atoms with Gasteiger partial charge in [-0.15, -0.1) is 0 Å². The lowest BCUT2D eigenvalue weighted by Gasteiger charge is -2.22. The predicted molar refractivity (Wildman–Crippen MR) is 147 cm³/mol. The molecule has 0 radical (unpaired) electrons. The van der Waals surface area contributed by atoms with Crippen LogP contribution in [0.1, 0.15) is 55.1 Å². The van der Waals surface area contributed by atoms with E-state index in [0.29, 0.717) is 22.5 Å². The van der Waals surface area contributed by atoms with E-state index in [9.17, 15) is 14.9 Å². The summed E-state index contributed by atoms with van der Waals surface area (Å²) in [7, 11) is 0. The van der Waals surface area contributed by atoms with Gasteiger partial charge in [-0.2, -0.15) is 9.78 Å². The molecule has 0 unspecified atom stereocenters. The monoisotopic (exact) mass is 506 g/mol. The lowest BCUT2D eigenvalue weighted by Crippen LogP contribution is -2.25. The second kappa shape index (κ2) is 9.66. The predicted octanol–water partition coefficient (Wildman–Crippen LogP) is 5.88. The lowest BCUT2D eigenvalue weighted by atomic mass is 9.88. The molecule has 9 nitrogen and oxygen atoms in total. The first kappa shape index (κ1) is 23.7. The van der Waals surface area contributed by atoms with Crippen LogP contribution in [0.2, 0.25) is 0 Å². The van der Waals surface area contributed by atoms with Crippen molar-refractivity contribution in [2.24, 2.45) is 5.10 Å². The van der Waals surface area contributed by atoms with Gasteiger partial charge in [0.1, 0.15) is 17.8 Å². The molecule has 0 aliphatic heterocycles. The SMILES string of the molecule is Cc1c(C=Nn2c(C3CCCCC3)nc3ccccc3c2=O)c2ccccc2n1-c1ccc([N+](=O)[O-])cn1. The molecule has 9 heteroatoms. The van der Waals surface area contributed by atoms with Gasteiger partial charge in [-0.05, 0) is 44.0 Å². The molecule has 1 aliphatic rings. The maximum atomic E-state index is 13.6. The first-order valence-electron chi connectivity index (χ1n) is 12.8. The molecule has 0 saturated heterocycles. The van der Waals surface area contributed by atoms with Gasteiger partial charge < -0.3 is 0 Å². The third-order valence-corrected chi connectivity index (χ3v) is 7.38. The molecule has 0 amide bonds. The maximum Gasteiger partial charge on any atom is 0.287 e. The Balaban J connectivity index is 1.51. The van der Waals surface area contributed by atoms with Crippen LogP contribution in [0.4, 0.5) is 5.69 Å². The zero-order chi connectivity index (χ0) is 26.2. The maximum absolute atomic E-state index is 13.6. The van der Waals surface area contributed by atoms with Crippen molar-refractivity contribution in [3.63, 3.8) is 0 Å². The van der Waals surface area contributed by atoms with Gasteiger partial charge in [-0.3, -0.25) is 19.5 Å². The highest BCUT2D eigenvalue weighted by Gasteiger charge is 2.23. The summed E-state index contributed by atoms with van der Waals surface area (Å²) in [5.41, 5.74) is 3.05. The normalized spacial score (nSPS) is 14.6. The molecule has 0 N–H and O–H groups in total. The van der Waals surface area contributed by atoms with E-state index < -0.39 is 4.92 Å². The van der Waals surface area contributed by atoms with Crippen molar-refractivity contribution in [2.75, 3.05) is 0 Å². The van der Waals surface area contributed by atoms with Crippen LogP contribution in [-0.2, 0) is 0 Å². The van der Waals surface area contributed by atoms with Crippen molar-refractivity contribution in [1.82, 2.24) is 19.2 Å². The Bertz CT molecular complexity index is 1760. The van der Waals surface area contributed by atoms with Gasteiger partial charge in [0.15, 0.2) is 0 Å². The van der Waals surface area contributed by atoms with Crippen LogP contribution in [0.25, 0.3) is 27.6 Å². The highest BCUT2D eigenvalue weighted by molar-refractivity contribution is 6.01. The Morgan fingerprint density at radius 2 is 1.74 bits per heavy atom. The Morgan fingerprint density at radius 3 is 2.47 bits per heavy atom. The molecule has 0 atom stereocenters. The molecule has 0 bridgehead atoms. The number of benzene rings is 2. The average Bonchev–Trinajstić information content (AvgIpc) is 3.24. The third-order valence-electron chi connectivity index (χ3n) is 7.38. The standard InChI is InChI=1S/C29H26N6O3/c1-19-24(22-11-6-8-14-26(22)33(19)27-16-15-21(17-30-27)35(37)38)18-31-34-28(20-9-3-2-4-10-20)32-25-13-7-5-12-23(25)29(34)36/h5-8,11-18,20H,2-4,9-10H2,1H3. The Hall–Kier alpha value is -4.66. The van der Waals surface area contributed by atoms with Crippen molar-refractivity contribution < 1.29 is 4.92 Å². The van der Waals surface area contributed by atoms with Gasteiger partial charge in [-0.1, -0.05) is 49.6 Å². The van der Waals surface area contributed by atoms with Gasteiger partial charge in [-0.25, -0.2) is 9.97 Å². The Kier molecular flexibility index (Phi) is 6.03. The summed E-state index contributed by atoms with van der Waals surface area (Å²) < 4.78 is 3.43. The number of aromatic nitrogens is 4. The molecule has 6 rings (SSSR count). The van der Waals surface area contributed by atoms with Crippen molar-refractivity contribution in [3.05, 3.63) is 104 Å². The van der Waals surface area contributed by atoms with E-state index >= 15 is 0 Å². The Labute approximate surface area is 218 Å². The van der Waals surface area contributed by atoms with Crippen molar-refractivity contribution >= 4 is 33.7 Å². The lowest BCUT2D eigenvalue weighted by molar-refractivity contribution is -0.385. The number of hydrogen-bond donors (Lipinski definition) is 0. The summed E-state index contributed by atoms with van der Waals surface area (Å²) in [6.07, 6.45) is 8.40. The molecule has 3 aromatic heterocycles. The van der Waals surface area contributed by atoms with Gasteiger partial charge in [0.05, 0.1) is 27.6 Å². The molecule has 1 fully saturated rings. The van der Waals surface area contributed by atoms with Crippen LogP contribution in [0.3, 0.4) is 0 Å². The van der Waals surface area contributed by atoms with E-state index in [1.165, 1.54) is 23.4 Å². The Morgan fingerprint density at radius 1 is 1.00 bits per heavy atom. The van der Waals surface area contributed by atoms with Gasteiger partial charge in [0.25, 0.3) is 11.2 Å². The third kappa shape index (κ3) is 4.06. The molecule has 0 spiro atoms. The number of nitro groups is 1. The summed E-state index contributed by atoms with van der Waals surface area (Å²) in [5.74, 6) is 1.46. The topological polar surface area (TPSA) is 108 Å². The number of para-hydroxylation sites is 2. The molecule has 1 aliphatic carbocycles. The van der Waals surface area contributed by atoms with E-state index in [4.69, 9.17) is 10.1 Å². The largest absolute Gasteiger partial charge is 0.298 e. The zero-order valence-corrected chi connectivity index (χ0v) is 20.9. The average molecular weight is 507 g/mol. The van der Waals surface area contributed by atoms with Crippen LogP contribution >= 0.6 is 0 Å². The fourth-order valence-corrected chi connectivity index (χ4v) is 5.46. The van der Waals surface area contributed by atoms with Crippen molar-refractivity contribution in [2.45, 2.75) is 44.9 Å². The van der Waals surface area contributed by atoms with E-state index in [-0.39, 0.29) is 17.2 Å². The van der Waals surface area contributed by atoms with Gasteiger partial charge in [0.2, 0.25) is 0 Å². The number of fused-ring (bicyclic) bond motifs is 2. The molecule has 1 saturated carbocycles. The minimum atomic E-state index is -0.464. The molecular formula is C29H26N6O3. The summed E-state index contributed by atoms with van der Waals surface area (Å²) in [6, 6.07) is 18.3. The molecule has 190 valence electrons. The summed E-state index contributed by atoms with van der Waals surface area (Å²) in [6.45, 7) is 1.95. The van der Waals surface area contributed by atoms with Crippen LogP contribution in [0.5, 0.6) is 0 Å². The smallest absolute Gasteiger partial charge is 0.287 e. The summed E-state index contributed by atoms with van der Waals surface area (Å²) in [5, 5.41) is 17.3. The second-order valence-corrected chi connectivity index (χ2v) is 9.67. The molecule has 5 aromatic rings. The quantitative estimate of drug-likeness (QED) is 0.168. The van der Waals surface area contributed by atoms with Gasteiger partial charge in [0, 0.05) is 28.6 Å². The van der Waals surface area contributed by atoms with E-state index in [1.807, 2.05) is 54.0 Å². The first-order valence-corrected chi connectivity index (χ1v) is 12.8. The van der Waals surface area contributed by atoms with Crippen molar-refractivity contribution in [3.8, 4) is 5.82 Å². The minimum absolute atomic E-state index is 0.0666. The fraction of sp³-hybridized carbons (Fsp3) is 0.241. The highest BCUT2D eigenvalue weighted by atomic mass is 16.6. The van der Waals surface area contributed by atoms with Crippen LogP contribution in [-0.4, -0.2) is 30.3 Å². The first-order chi connectivity index (χ1) is 18.5. The number of pyridine rings is 1. The van der Waals surface area contributed by atoms with Crippen LogP contribution in [0, 0.1) is 17.0 Å². The fourth-order valence-electron chi connectivity index (χ4n) is 5.46. The zero-order valence-electron chi connectivity index (χ0n) is 20.9. The molecule has 38 heavy (non-hydrogen) atoms. The molecule has 3 heterocycles. The van der Waals surface area contributed by atoms with E-state index in [0.717, 1.165) is 47.8 Å². The number of rotatable bonds is 5. The van der Waals surface area contributed by atoms with E-state index in [1.54, 1.807) is 18.3 Å². The summed E-state index contributed by atoms with van der Waals surface area (Å²) >= 11 is 0. The van der Waals surface area contributed by atoms with Gasteiger partial charge >= 0.3 is 0 Å². The minimum Gasteiger partial charge on any atom is -0.298 e. The number of hydrogen-bond acceptors (Lipinski definition) is 6. The highest BCUT2D eigenvalue weighted by Crippen LogP contribution is 2.32.